The molecule has 0 fully saturated rings. The molecule has 7 heteroatoms. The fraction of sp³-hybridized carbons (Fsp3) is 0.143. The Morgan fingerprint density at radius 3 is 1.67 bits per heavy atom. The Hall–Kier alpha value is -1.70. The van der Waals surface area contributed by atoms with E-state index in [-0.39, 0.29) is 15.4 Å². The van der Waals surface area contributed by atoms with Gasteiger partial charge in [-0.25, -0.2) is 16.8 Å². The van der Waals surface area contributed by atoms with Crippen molar-refractivity contribution in [3.05, 3.63) is 60.2 Å². The molecule has 1 atom stereocenters. The highest BCUT2D eigenvalue weighted by atomic mass is 32.3. The van der Waals surface area contributed by atoms with E-state index in [1.807, 2.05) is 0 Å². The van der Waals surface area contributed by atoms with Gasteiger partial charge in [-0.05, 0) is 17.7 Å². The van der Waals surface area contributed by atoms with Gasteiger partial charge in [-0.2, -0.15) is 0 Å². The van der Waals surface area contributed by atoms with Gasteiger partial charge >= 0.3 is 0 Å². The van der Waals surface area contributed by atoms with Gasteiger partial charge in [-0.15, -0.1) is 0 Å². The molecule has 3 rings (SSSR count). The van der Waals surface area contributed by atoms with E-state index in [2.05, 4.69) is 0 Å². The molecule has 1 N–H and O–H groups in total. The molecule has 2 aromatic rings. The number of hydrogen-bond donors (Lipinski definition) is 1. The standard InChI is InChI=1S/C14H12O5S2/c15-13(10-6-2-1-3-7-10)14-20(16,17)11-8-4-5-9-12(11)21(14,18)19/h1-9,13-15H. The molecular weight excluding hydrogens is 312 g/mol. The maximum Gasteiger partial charge on any atom is 0.201 e. The molecule has 0 radical (unpaired) electrons. The first-order chi connectivity index (χ1) is 9.87. The Labute approximate surface area is 122 Å². The van der Waals surface area contributed by atoms with Crippen molar-refractivity contribution in [2.45, 2.75) is 20.5 Å². The molecule has 0 saturated heterocycles. The number of rotatable bonds is 2. The van der Waals surface area contributed by atoms with Crippen molar-refractivity contribution in [1.82, 2.24) is 0 Å². The predicted molar refractivity (Wildman–Crippen MR) is 76.0 cm³/mol. The Bertz CT molecular complexity index is 833. The third-order valence-electron chi connectivity index (χ3n) is 3.47. The quantitative estimate of drug-likeness (QED) is 0.899. The maximum absolute atomic E-state index is 12.5. The van der Waals surface area contributed by atoms with Crippen molar-refractivity contribution in [1.29, 1.82) is 0 Å². The minimum Gasteiger partial charge on any atom is -0.386 e. The van der Waals surface area contributed by atoms with Crippen LogP contribution in [0.5, 0.6) is 0 Å². The molecule has 1 aliphatic rings. The van der Waals surface area contributed by atoms with Crippen LogP contribution in [0.4, 0.5) is 0 Å². The summed E-state index contributed by atoms with van der Waals surface area (Å²) in [6, 6.07) is 13.3. The molecule has 0 aromatic heterocycles. The van der Waals surface area contributed by atoms with Gasteiger partial charge in [0.25, 0.3) is 0 Å². The van der Waals surface area contributed by atoms with Crippen molar-refractivity contribution in [3.8, 4) is 0 Å². The SMILES string of the molecule is O=S1(=O)c2ccccc2S(=O)(=O)C1C(O)c1ccccc1. The van der Waals surface area contributed by atoms with Crippen LogP contribution in [0.15, 0.2) is 64.4 Å². The van der Waals surface area contributed by atoms with Crippen molar-refractivity contribution < 1.29 is 21.9 Å². The Morgan fingerprint density at radius 1 is 0.762 bits per heavy atom. The summed E-state index contributed by atoms with van der Waals surface area (Å²) in [5.41, 5.74) is 0.252. The summed E-state index contributed by atoms with van der Waals surface area (Å²) in [7, 11) is -8.28. The lowest BCUT2D eigenvalue weighted by Crippen LogP contribution is -2.30. The van der Waals surface area contributed by atoms with Crippen LogP contribution in [-0.2, 0) is 19.7 Å². The highest BCUT2D eigenvalue weighted by Gasteiger charge is 2.53. The van der Waals surface area contributed by atoms with E-state index in [0.717, 1.165) is 0 Å². The van der Waals surface area contributed by atoms with Crippen LogP contribution in [0, 0.1) is 0 Å². The predicted octanol–water partition coefficient (Wildman–Crippen LogP) is 1.31. The monoisotopic (exact) mass is 324 g/mol. The first kappa shape index (κ1) is 14.2. The average molecular weight is 324 g/mol. The summed E-state index contributed by atoms with van der Waals surface area (Å²) in [6.07, 6.45) is -1.63. The normalized spacial score (nSPS) is 20.8. The van der Waals surface area contributed by atoms with Gasteiger partial charge in [0.2, 0.25) is 4.58 Å². The van der Waals surface area contributed by atoms with Crippen molar-refractivity contribution in [2.24, 2.45) is 0 Å². The summed E-state index contributed by atoms with van der Waals surface area (Å²) >= 11 is 0. The zero-order valence-corrected chi connectivity index (χ0v) is 12.4. The molecular formula is C14H12O5S2. The molecule has 0 saturated carbocycles. The molecule has 0 bridgehead atoms. The second-order valence-corrected chi connectivity index (χ2v) is 9.13. The number of hydrogen-bond acceptors (Lipinski definition) is 5. The van der Waals surface area contributed by atoms with Crippen LogP contribution in [-0.4, -0.2) is 26.5 Å². The largest absolute Gasteiger partial charge is 0.386 e. The molecule has 0 aliphatic carbocycles. The lowest BCUT2D eigenvalue weighted by molar-refractivity contribution is 0.191. The van der Waals surface area contributed by atoms with Crippen LogP contribution in [0.25, 0.3) is 0 Å². The Kier molecular flexibility index (Phi) is 3.16. The molecule has 21 heavy (non-hydrogen) atoms. The number of aliphatic hydroxyl groups excluding tert-OH is 1. The fourth-order valence-electron chi connectivity index (χ4n) is 2.48. The number of sulfone groups is 2. The van der Waals surface area contributed by atoms with Crippen LogP contribution < -0.4 is 0 Å². The summed E-state index contributed by atoms with van der Waals surface area (Å²) in [5.74, 6) is 0. The second-order valence-electron chi connectivity index (χ2n) is 4.76. The van der Waals surface area contributed by atoms with Crippen molar-refractivity contribution in [3.63, 3.8) is 0 Å². The van der Waals surface area contributed by atoms with Gasteiger partial charge in [0.05, 0.1) is 9.79 Å². The molecule has 0 amide bonds. The zero-order valence-electron chi connectivity index (χ0n) is 10.7. The van der Waals surface area contributed by atoms with Gasteiger partial charge in [0, 0.05) is 0 Å². The molecule has 1 aliphatic heterocycles. The van der Waals surface area contributed by atoms with Gasteiger partial charge in [0.15, 0.2) is 19.7 Å². The molecule has 0 spiro atoms. The highest BCUT2D eigenvalue weighted by Crippen LogP contribution is 2.42. The van der Waals surface area contributed by atoms with E-state index < -0.39 is 30.4 Å². The summed E-state index contributed by atoms with van der Waals surface area (Å²) < 4.78 is 48.0. The minimum absolute atomic E-state index is 0.245. The van der Waals surface area contributed by atoms with E-state index in [1.165, 1.54) is 36.4 Å². The summed E-state index contributed by atoms with van der Waals surface area (Å²) in [6.45, 7) is 0. The van der Waals surface area contributed by atoms with E-state index in [4.69, 9.17) is 0 Å². The molecule has 1 heterocycles. The molecule has 5 nitrogen and oxygen atoms in total. The first-order valence-corrected chi connectivity index (χ1v) is 9.26. The van der Waals surface area contributed by atoms with Crippen LogP contribution in [0.2, 0.25) is 0 Å². The number of aliphatic hydroxyl groups is 1. The molecule has 110 valence electrons. The fourth-order valence-corrected chi connectivity index (χ4v) is 7.86. The van der Waals surface area contributed by atoms with Crippen LogP contribution in [0.3, 0.4) is 0 Å². The first-order valence-electron chi connectivity index (χ1n) is 6.16. The summed E-state index contributed by atoms with van der Waals surface area (Å²) in [4.78, 5) is -0.491. The topological polar surface area (TPSA) is 88.5 Å². The second kappa shape index (κ2) is 4.66. The maximum atomic E-state index is 12.5. The minimum atomic E-state index is -4.14. The van der Waals surface area contributed by atoms with E-state index in [0.29, 0.717) is 0 Å². The van der Waals surface area contributed by atoms with E-state index >= 15 is 0 Å². The zero-order chi connectivity index (χ0) is 15.3. The van der Waals surface area contributed by atoms with E-state index in [9.17, 15) is 21.9 Å². The smallest absolute Gasteiger partial charge is 0.201 e. The van der Waals surface area contributed by atoms with Crippen molar-refractivity contribution >= 4 is 19.7 Å². The van der Waals surface area contributed by atoms with Gasteiger partial charge < -0.3 is 5.11 Å². The summed E-state index contributed by atoms with van der Waals surface area (Å²) in [5, 5.41) is 10.3. The van der Waals surface area contributed by atoms with Crippen LogP contribution in [0.1, 0.15) is 11.7 Å². The highest BCUT2D eigenvalue weighted by molar-refractivity contribution is 8.11. The third kappa shape index (κ3) is 2.00. The van der Waals surface area contributed by atoms with E-state index in [1.54, 1.807) is 18.2 Å². The molecule has 1 unspecified atom stereocenters. The van der Waals surface area contributed by atoms with Gasteiger partial charge in [0.1, 0.15) is 6.10 Å². The van der Waals surface area contributed by atoms with Gasteiger partial charge in [-0.3, -0.25) is 0 Å². The number of benzene rings is 2. The number of fused-ring (bicyclic) bond motifs is 1. The Balaban J connectivity index is 2.22. The van der Waals surface area contributed by atoms with Crippen molar-refractivity contribution in [2.75, 3.05) is 0 Å². The lowest BCUT2D eigenvalue weighted by Gasteiger charge is -2.17. The van der Waals surface area contributed by atoms with Gasteiger partial charge in [-0.1, -0.05) is 42.5 Å². The Morgan fingerprint density at radius 2 is 1.19 bits per heavy atom. The third-order valence-corrected chi connectivity index (χ3v) is 8.80. The average Bonchev–Trinajstić information content (AvgIpc) is 2.63. The molecule has 2 aromatic carbocycles. The van der Waals surface area contributed by atoms with Crippen LogP contribution >= 0.6 is 0 Å². The lowest BCUT2D eigenvalue weighted by atomic mass is 10.1.